The number of fused-ring (bicyclic) bond motifs is 2. The van der Waals surface area contributed by atoms with Crippen LogP contribution in [0.1, 0.15) is 109 Å². The van der Waals surface area contributed by atoms with E-state index >= 15 is 0 Å². The molecule has 6 rings (SSSR count). The van der Waals surface area contributed by atoms with Gasteiger partial charge in [0.1, 0.15) is 23.7 Å². The van der Waals surface area contributed by atoms with E-state index in [0.29, 0.717) is 28.9 Å². The molecule has 0 unspecified atom stereocenters. The molecule has 0 radical (unpaired) electrons. The fourth-order valence-corrected chi connectivity index (χ4v) is 8.17. The van der Waals surface area contributed by atoms with Crippen molar-refractivity contribution < 1.29 is 19.1 Å². The highest BCUT2D eigenvalue weighted by Gasteiger charge is 2.33. The second-order valence-electron chi connectivity index (χ2n) is 14.0. The highest BCUT2D eigenvalue weighted by molar-refractivity contribution is 7.99. The minimum Gasteiger partial charge on any atom is -0.489 e. The van der Waals surface area contributed by atoms with Gasteiger partial charge in [-0.3, -0.25) is 9.59 Å². The Balaban J connectivity index is 1.09. The Bertz CT molecular complexity index is 1960. The van der Waals surface area contributed by atoms with E-state index in [1.807, 2.05) is 93.6 Å². The monoisotopic (exact) mass is 714 g/mol. The number of benzene rings is 5. The van der Waals surface area contributed by atoms with Gasteiger partial charge in [-0.15, -0.1) is 0 Å². The minimum atomic E-state index is -0.289. The Morgan fingerprint density at radius 3 is 1.57 bits per heavy atom. The summed E-state index contributed by atoms with van der Waals surface area (Å²) in [5.74, 6) is 1.31. The zero-order valence-corrected chi connectivity index (χ0v) is 31.6. The molecular weight excluding hydrogens is 669 g/mol. The first-order chi connectivity index (χ1) is 24.7. The summed E-state index contributed by atoms with van der Waals surface area (Å²) < 4.78 is 12.1. The molecule has 0 aliphatic heterocycles. The van der Waals surface area contributed by atoms with Crippen molar-refractivity contribution in [2.75, 3.05) is 0 Å². The van der Waals surface area contributed by atoms with Crippen molar-refractivity contribution in [1.29, 1.82) is 0 Å². The van der Waals surface area contributed by atoms with Gasteiger partial charge in [-0.25, -0.2) is 0 Å². The smallest absolute Gasteiger partial charge is 0.195 e. The largest absolute Gasteiger partial charge is 0.489 e. The first kappa shape index (κ1) is 36.5. The van der Waals surface area contributed by atoms with Crippen LogP contribution in [0.3, 0.4) is 0 Å². The molecule has 0 amide bonds. The third kappa shape index (κ3) is 9.55. The normalized spacial score (nSPS) is 12.4. The van der Waals surface area contributed by atoms with Crippen molar-refractivity contribution in [3.63, 3.8) is 0 Å². The third-order valence-electron chi connectivity index (χ3n) is 8.77. The van der Waals surface area contributed by atoms with Crippen LogP contribution in [0.25, 0.3) is 0 Å². The predicted octanol–water partition coefficient (Wildman–Crippen LogP) is 12.4. The molecule has 1 aliphatic carbocycles. The third-order valence-corrected chi connectivity index (χ3v) is 10.9. The van der Waals surface area contributed by atoms with Gasteiger partial charge < -0.3 is 9.47 Å². The number of ether oxygens (including phenoxy) is 2. The lowest BCUT2D eigenvalue weighted by Crippen LogP contribution is -2.22. The first-order valence-corrected chi connectivity index (χ1v) is 19.6. The Kier molecular flexibility index (Phi) is 12.1. The van der Waals surface area contributed by atoms with Crippen molar-refractivity contribution in [3.05, 3.63) is 143 Å². The maximum absolute atomic E-state index is 14.0. The molecule has 0 fully saturated rings. The molecule has 0 atom stereocenters. The van der Waals surface area contributed by atoms with E-state index in [0.717, 1.165) is 43.1 Å². The lowest BCUT2D eigenvalue weighted by molar-refractivity contribution is 0.0974. The molecule has 0 bridgehead atoms. The van der Waals surface area contributed by atoms with E-state index in [-0.39, 0.29) is 17.2 Å². The molecule has 6 heteroatoms. The number of carbonyl (C=O) groups excluding carboxylic acids is 2. The predicted molar refractivity (Wildman–Crippen MR) is 209 cm³/mol. The van der Waals surface area contributed by atoms with Crippen molar-refractivity contribution in [3.8, 4) is 11.5 Å². The van der Waals surface area contributed by atoms with Crippen LogP contribution in [0.2, 0.25) is 0 Å². The average molecular weight is 715 g/mol. The van der Waals surface area contributed by atoms with Crippen LogP contribution in [-0.2, 0) is 13.0 Å². The van der Waals surface area contributed by atoms with Crippen LogP contribution >= 0.6 is 23.5 Å². The molecule has 4 nitrogen and oxygen atoms in total. The van der Waals surface area contributed by atoms with E-state index in [2.05, 4.69) is 31.2 Å². The number of hydrogen-bond acceptors (Lipinski definition) is 6. The molecule has 5 aromatic carbocycles. The number of aryl methyl sites for hydroxylation is 1. The van der Waals surface area contributed by atoms with Crippen LogP contribution in [-0.4, -0.2) is 17.2 Å². The SMILES string of the molecule is CCCCCCCCc1ccc(COc2ccc(Sc3cccc4c3C(=O)c3cccc(Sc5ccc(OC(C)(C)C)cc5)c3C4=O)cc2)cc1. The summed E-state index contributed by atoms with van der Waals surface area (Å²) in [5, 5.41) is 0. The summed E-state index contributed by atoms with van der Waals surface area (Å²) in [6.45, 7) is 8.80. The summed E-state index contributed by atoms with van der Waals surface area (Å²) in [6.07, 6.45) is 9.00. The zero-order chi connectivity index (χ0) is 35.8. The number of carbonyl (C=O) groups is 2. The molecule has 262 valence electrons. The fraction of sp³-hybridized carbons (Fsp3) is 0.289. The van der Waals surface area contributed by atoms with Gasteiger partial charge in [0.25, 0.3) is 0 Å². The molecule has 5 aromatic rings. The Morgan fingerprint density at radius 1 is 0.549 bits per heavy atom. The van der Waals surface area contributed by atoms with Crippen LogP contribution < -0.4 is 9.47 Å². The van der Waals surface area contributed by atoms with Crippen LogP contribution in [0.5, 0.6) is 11.5 Å². The molecule has 0 saturated heterocycles. The van der Waals surface area contributed by atoms with E-state index < -0.39 is 0 Å². The van der Waals surface area contributed by atoms with Gasteiger partial charge in [0, 0.05) is 41.8 Å². The zero-order valence-electron chi connectivity index (χ0n) is 30.0. The summed E-state index contributed by atoms with van der Waals surface area (Å²) in [4.78, 5) is 31.5. The van der Waals surface area contributed by atoms with E-state index in [1.165, 1.54) is 67.6 Å². The van der Waals surface area contributed by atoms with E-state index in [1.54, 1.807) is 12.1 Å². The number of unbranched alkanes of at least 4 members (excludes halogenated alkanes) is 5. The highest BCUT2D eigenvalue weighted by Crippen LogP contribution is 2.41. The Labute approximate surface area is 311 Å². The quantitative estimate of drug-likeness (QED) is 0.0987. The second-order valence-corrected chi connectivity index (χ2v) is 16.2. The summed E-state index contributed by atoms with van der Waals surface area (Å²) in [5.41, 5.74) is 4.05. The van der Waals surface area contributed by atoms with Crippen molar-refractivity contribution in [2.24, 2.45) is 0 Å². The van der Waals surface area contributed by atoms with E-state index in [9.17, 15) is 9.59 Å². The Morgan fingerprint density at radius 2 is 1.04 bits per heavy atom. The van der Waals surface area contributed by atoms with Crippen molar-refractivity contribution >= 4 is 35.1 Å². The highest BCUT2D eigenvalue weighted by atomic mass is 32.2. The summed E-state index contributed by atoms with van der Waals surface area (Å²) >= 11 is 2.97. The van der Waals surface area contributed by atoms with Gasteiger partial charge in [-0.1, -0.05) is 111 Å². The maximum Gasteiger partial charge on any atom is 0.195 e. The molecule has 0 saturated carbocycles. The van der Waals surface area contributed by atoms with Gasteiger partial charge in [0.2, 0.25) is 0 Å². The number of hydrogen-bond donors (Lipinski definition) is 0. The molecule has 1 aliphatic rings. The maximum atomic E-state index is 14.0. The van der Waals surface area contributed by atoms with Crippen molar-refractivity contribution in [2.45, 2.75) is 104 Å². The van der Waals surface area contributed by atoms with Gasteiger partial charge in [-0.05, 0) is 105 Å². The first-order valence-electron chi connectivity index (χ1n) is 18.0. The summed E-state index contributed by atoms with van der Waals surface area (Å²) in [7, 11) is 0. The van der Waals surface area contributed by atoms with Crippen LogP contribution in [0.4, 0.5) is 0 Å². The van der Waals surface area contributed by atoms with Gasteiger partial charge in [-0.2, -0.15) is 0 Å². The number of ketones is 2. The Hall–Kier alpha value is -4.26. The van der Waals surface area contributed by atoms with E-state index in [4.69, 9.17) is 9.47 Å². The summed E-state index contributed by atoms with van der Waals surface area (Å²) in [6, 6.07) is 35.6. The molecule has 0 heterocycles. The minimum absolute atomic E-state index is 0.128. The van der Waals surface area contributed by atoms with Crippen LogP contribution in [0.15, 0.2) is 129 Å². The van der Waals surface area contributed by atoms with Crippen molar-refractivity contribution in [1.82, 2.24) is 0 Å². The lowest BCUT2D eigenvalue weighted by Gasteiger charge is -2.22. The van der Waals surface area contributed by atoms with Crippen LogP contribution in [0, 0.1) is 0 Å². The second kappa shape index (κ2) is 16.8. The molecule has 0 spiro atoms. The standard InChI is InChI=1S/C45H46O4S2/c1-5-6-7-8-9-10-13-31-18-20-32(21-19-31)30-48-33-22-26-35(27-23-33)50-39-16-11-14-37-41(39)43(46)38-15-12-17-40(42(38)44(37)47)51-36-28-24-34(25-29-36)49-45(2,3)4/h11-12,14-29H,5-10,13,30H2,1-4H3. The fourth-order valence-electron chi connectivity index (χ4n) is 6.21. The molecule has 51 heavy (non-hydrogen) atoms. The van der Waals surface area contributed by atoms with Gasteiger partial charge in [0.05, 0.1) is 0 Å². The molecule has 0 aromatic heterocycles. The topological polar surface area (TPSA) is 52.6 Å². The average Bonchev–Trinajstić information content (AvgIpc) is 3.12. The number of rotatable bonds is 15. The van der Waals surface area contributed by atoms with Gasteiger partial charge in [0.15, 0.2) is 11.6 Å². The lowest BCUT2D eigenvalue weighted by atomic mass is 9.84. The van der Waals surface area contributed by atoms with Gasteiger partial charge >= 0.3 is 0 Å². The molecular formula is C45H46O4S2. The molecule has 0 N–H and O–H groups in total.